The third-order valence-electron chi connectivity index (χ3n) is 3.90. The van der Waals surface area contributed by atoms with Crippen LogP contribution in [-0.4, -0.2) is 72.4 Å². The zero-order valence-electron chi connectivity index (χ0n) is 13.4. The van der Waals surface area contributed by atoms with Gasteiger partial charge < -0.3 is 15.0 Å². The highest BCUT2D eigenvalue weighted by molar-refractivity contribution is 5.74. The molecule has 9 heteroatoms. The number of piperazine rings is 1. The Balaban J connectivity index is 1.66. The lowest BCUT2D eigenvalue weighted by atomic mass is 10.2. The van der Waals surface area contributed by atoms with Crippen molar-refractivity contribution in [3.8, 4) is 5.75 Å². The van der Waals surface area contributed by atoms with Gasteiger partial charge in [-0.2, -0.15) is 13.2 Å². The molecule has 0 bridgehead atoms. The Kier molecular flexibility index (Phi) is 6.24. The van der Waals surface area contributed by atoms with Gasteiger partial charge >= 0.3 is 12.2 Å². The molecule has 1 fully saturated rings. The van der Waals surface area contributed by atoms with E-state index in [1.54, 1.807) is 24.5 Å². The lowest BCUT2D eigenvalue weighted by molar-refractivity contribution is -0.181. The first-order chi connectivity index (χ1) is 11.4. The number of rotatable bonds is 5. The number of carbonyl (C=O) groups is 1. The molecule has 0 saturated carbocycles. The topological polar surface area (TPSA) is 57.7 Å². The average Bonchev–Trinajstić information content (AvgIpc) is 2.58. The van der Waals surface area contributed by atoms with Crippen LogP contribution in [-0.2, 0) is 0 Å². The largest absolute Gasteiger partial charge is 0.490 e. The number of ether oxygens (including phenoxy) is 1. The Morgan fingerprint density at radius 1 is 1.38 bits per heavy atom. The van der Waals surface area contributed by atoms with Crippen molar-refractivity contribution >= 4 is 6.03 Å². The number of alkyl halides is 3. The second-order valence-electron chi connectivity index (χ2n) is 5.51. The zero-order valence-corrected chi connectivity index (χ0v) is 13.4. The second kappa shape index (κ2) is 8.18. The molecule has 1 aromatic rings. The first-order valence-electron chi connectivity index (χ1n) is 7.74. The Hall–Kier alpha value is -2.03. The summed E-state index contributed by atoms with van der Waals surface area (Å²) in [6.07, 6.45) is -1.04. The van der Waals surface area contributed by atoms with Gasteiger partial charge in [0.05, 0.1) is 12.7 Å². The van der Waals surface area contributed by atoms with Gasteiger partial charge in [-0.05, 0) is 19.1 Å². The molecule has 2 rings (SSSR count). The second-order valence-corrected chi connectivity index (χ2v) is 5.51. The molecule has 1 atom stereocenters. The van der Waals surface area contributed by atoms with Crippen LogP contribution >= 0.6 is 0 Å². The van der Waals surface area contributed by atoms with Crippen LogP contribution in [0.15, 0.2) is 24.5 Å². The minimum atomic E-state index is -4.24. The predicted octanol–water partition coefficient (Wildman–Crippen LogP) is 1.74. The van der Waals surface area contributed by atoms with Crippen molar-refractivity contribution in [1.29, 1.82) is 0 Å². The number of carbonyl (C=O) groups excluding carboxylic acids is 1. The monoisotopic (exact) mass is 346 g/mol. The maximum Gasteiger partial charge on any atom is 0.403 e. The van der Waals surface area contributed by atoms with E-state index in [2.05, 4.69) is 10.3 Å². The number of aromatic nitrogens is 1. The summed E-state index contributed by atoms with van der Waals surface area (Å²) in [6, 6.07) is 1.73. The molecule has 1 saturated heterocycles. The Bertz CT molecular complexity index is 519. The molecule has 1 unspecified atom stereocenters. The summed E-state index contributed by atoms with van der Waals surface area (Å²) in [5, 5.41) is 2.70. The van der Waals surface area contributed by atoms with E-state index in [9.17, 15) is 18.0 Å². The van der Waals surface area contributed by atoms with E-state index < -0.39 is 12.2 Å². The molecule has 0 spiro atoms. The smallest absolute Gasteiger partial charge is 0.403 e. The number of nitrogens with one attached hydrogen (secondary N) is 1. The van der Waals surface area contributed by atoms with Gasteiger partial charge in [0, 0.05) is 32.4 Å². The number of hydrogen-bond donors (Lipinski definition) is 1. The van der Waals surface area contributed by atoms with Crippen LogP contribution in [0.25, 0.3) is 0 Å². The molecule has 1 aromatic heterocycles. The van der Waals surface area contributed by atoms with E-state index in [0.29, 0.717) is 18.9 Å². The quantitative estimate of drug-likeness (QED) is 0.825. The average molecular weight is 346 g/mol. The lowest BCUT2D eigenvalue weighted by Gasteiger charge is -2.38. The fourth-order valence-electron chi connectivity index (χ4n) is 2.39. The van der Waals surface area contributed by atoms with Crippen molar-refractivity contribution in [3.05, 3.63) is 24.5 Å². The SMILES string of the molecule is CC(N1CCN(C(=O)NCCOc2cccnc2)CC1)C(F)(F)F. The zero-order chi connectivity index (χ0) is 17.6. The van der Waals surface area contributed by atoms with Crippen LogP contribution in [0.3, 0.4) is 0 Å². The molecular weight excluding hydrogens is 325 g/mol. The van der Waals surface area contributed by atoms with Crippen LogP contribution in [0.1, 0.15) is 6.92 Å². The van der Waals surface area contributed by atoms with Gasteiger partial charge in [-0.15, -0.1) is 0 Å². The molecule has 1 aliphatic heterocycles. The van der Waals surface area contributed by atoms with Crippen LogP contribution in [0.2, 0.25) is 0 Å². The van der Waals surface area contributed by atoms with Gasteiger partial charge in [-0.1, -0.05) is 0 Å². The highest BCUT2D eigenvalue weighted by Gasteiger charge is 2.41. The molecular formula is C15H21F3N4O2. The summed E-state index contributed by atoms with van der Waals surface area (Å²) in [5.41, 5.74) is 0. The van der Waals surface area contributed by atoms with Gasteiger partial charge in [0.2, 0.25) is 0 Å². The number of hydrogen-bond acceptors (Lipinski definition) is 4. The minimum Gasteiger partial charge on any atom is -0.490 e. The highest BCUT2D eigenvalue weighted by atomic mass is 19.4. The maximum absolute atomic E-state index is 12.7. The van der Waals surface area contributed by atoms with Crippen LogP contribution in [0.5, 0.6) is 5.75 Å². The maximum atomic E-state index is 12.7. The number of pyridine rings is 1. The molecule has 24 heavy (non-hydrogen) atoms. The van der Waals surface area contributed by atoms with Gasteiger partial charge in [0.15, 0.2) is 0 Å². The normalized spacial score (nSPS) is 17.4. The van der Waals surface area contributed by atoms with E-state index in [0.717, 1.165) is 6.92 Å². The lowest BCUT2D eigenvalue weighted by Crippen LogP contribution is -2.56. The number of amides is 2. The molecule has 0 aliphatic carbocycles. The first kappa shape index (κ1) is 18.3. The van der Waals surface area contributed by atoms with Crippen LogP contribution in [0, 0.1) is 0 Å². The van der Waals surface area contributed by atoms with E-state index in [1.807, 2.05) is 0 Å². The van der Waals surface area contributed by atoms with Crippen molar-refractivity contribution in [2.24, 2.45) is 0 Å². The first-order valence-corrected chi connectivity index (χ1v) is 7.74. The summed E-state index contributed by atoms with van der Waals surface area (Å²) in [5.74, 6) is 0.613. The van der Waals surface area contributed by atoms with E-state index in [-0.39, 0.29) is 32.2 Å². The summed E-state index contributed by atoms with van der Waals surface area (Å²) in [6.45, 7) is 2.72. The molecule has 0 aromatic carbocycles. The van der Waals surface area contributed by atoms with Crippen molar-refractivity contribution in [2.75, 3.05) is 39.3 Å². The van der Waals surface area contributed by atoms with Gasteiger partial charge in [0.1, 0.15) is 18.4 Å². The van der Waals surface area contributed by atoms with E-state index in [1.165, 1.54) is 9.80 Å². The molecule has 6 nitrogen and oxygen atoms in total. The Morgan fingerprint density at radius 2 is 2.08 bits per heavy atom. The fraction of sp³-hybridized carbons (Fsp3) is 0.600. The van der Waals surface area contributed by atoms with Crippen LogP contribution < -0.4 is 10.1 Å². The molecule has 1 aliphatic rings. The third kappa shape index (κ3) is 5.26. The number of urea groups is 1. The number of halogens is 3. The number of nitrogens with zero attached hydrogens (tertiary/aromatic N) is 3. The molecule has 1 N–H and O–H groups in total. The van der Waals surface area contributed by atoms with Crippen molar-refractivity contribution < 1.29 is 22.7 Å². The minimum absolute atomic E-state index is 0.209. The Morgan fingerprint density at radius 3 is 2.67 bits per heavy atom. The van der Waals surface area contributed by atoms with E-state index >= 15 is 0 Å². The highest BCUT2D eigenvalue weighted by Crippen LogP contribution is 2.25. The van der Waals surface area contributed by atoms with Crippen molar-refractivity contribution in [2.45, 2.75) is 19.1 Å². The van der Waals surface area contributed by atoms with Crippen LogP contribution in [0.4, 0.5) is 18.0 Å². The predicted molar refractivity (Wildman–Crippen MR) is 81.8 cm³/mol. The molecule has 134 valence electrons. The van der Waals surface area contributed by atoms with Gasteiger partial charge in [-0.3, -0.25) is 9.88 Å². The van der Waals surface area contributed by atoms with Gasteiger partial charge in [-0.25, -0.2) is 4.79 Å². The summed E-state index contributed by atoms with van der Waals surface area (Å²) < 4.78 is 43.4. The summed E-state index contributed by atoms with van der Waals surface area (Å²) in [7, 11) is 0. The van der Waals surface area contributed by atoms with E-state index in [4.69, 9.17) is 4.74 Å². The van der Waals surface area contributed by atoms with Crippen molar-refractivity contribution in [1.82, 2.24) is 20.1 Å². The summed E-state index contributed by atoms with van der Waals surface area (Å²) >= 11 is 0. The molecule has 0 radical (unpaired) electrons. The Labute approximate surface area is 138 Å². The fourth-order valence-corrected chi connectivity index (χ4v) is 2.39. The molecule has 2 heterocycles. The summed E-state index contributed by atoms with van der Waals surface area (Å²) in [4.78, 5) is 18.8. The molecule has 2 amide bonds. The van der Waals surface area contributed by atoms with Gasteiger partial charge in [0.25, 0.3) is 0 Å². The standard InChI is InChI=1S/C15H21F3N4O2/c1-12(15(16,17)18)21-6-8-22(9-7-21)14(23)20-5-10-24-13-3-2-4-19-11-13/h2-4,11-12H,5-10H2,1H3,(H,20,23). The third-order valence-corrected chi connectivity index (χ3v) is 3.90. The van der Waals surface area contributed by atoms with Crippen molar-refractivity contribution in [3.63, 3.8) is 0 Å².